The van der Waals surface area contributed by atoms with Crippen molar-refractivity contribution in [1.82, 2.24) is 9.07 Å². The SMILES string of the molecule is C/C=C\C=C(/C)c1cccnc(C)c(-c2coc(Nc3ccc(OC)cc3)c2)n(Cl)c1. The summed E-state index contributed by atoms with van der Waals surface area (Å²) in [5.41, 5.74) is 5.27. The quantitative estimate of drug-likeness (QED) is 0.412. The van der Waals surface area contributed by atoms with Crippen LogP contribution in [0.1, 0.15) is 25.1 Å². The van der Waals surface area contributed by atoms with Crippen molar-refractivity contribution >= 4 is 28.9 Å². The van der Waals surface area contributed by atoms with Gasteiger partial charge in [-0.15, -0.1) is 0 Å². The molecule has 0 saturated heterocycles. The maximum Gasteiger partial charge on any atom is 0.197 e. The summed E-state index contributed by atoms with van der Waals surface area (Å²) in [5, 5.41) is 3.25. The molecule has 5 nitrogen and oxygen atoms in total. The molecule has 0 bridgehead atoms. The lowest BCUT2D eigenvalue weighted by Crippen LogP contribution is -1.93. The van der Waals surface area contributed by atoms with Crippen LogP contribution in [0.25, 0.3) is 16.8 Å². The molecule has 0 unspecified atom stereocenters. The Hall–Kier alpha value is -3.44. The standard InChI is InChI=1S/C25H26ClN3O2/c1-5-6-8-18(2)20-9-7-14-27-19(3)25(29(26)16-20)21-15-24(31-17-21)28-22-10-12-23(30-4)13-11-22/h5-17,28H,1-4H3/b6-5-,9-7?,18-8+,20-16?,25-19?,27-14?. The first-order chi connectivity index (χ1) is 15.0. The lowest BCUT2D eigenvalue weighted by atomic mass is 10.1. The summed E-state index contributed by atoms with van der Waals surface area (Å²) in [6, 6.07) is 13.4. The monoisotopic (exact) mass is 435 g/mol. The molecule has 0 atom stereocenters. The number of hydrogen-bond acceptors (Lipinski definition) is 4. The predicted octanol–water partition coefficient (Wildman–Crippen LogP) is 7.31. The van der Waals surface area contributed by atoms with Crippen molar-refractivity contribution in [2.45, 2.75) is 20.8 Å². The van der Waals surface area contributed by atoms with Crippen molar-refractivity contribution in [2.24, 2.45) is 0 Å². The zero-order valence-corrected chi connectivity index (χ0v) is 18.9. The number of nitrogens with one attached hydrogen (secondary N) is 1. The van der Waals surface area contributed by atoms with Crippen LogP contribution in [0.4, 0.5) is 11.6 Å². The van der Waals surface area contributed by atoms with Crippen molar-refractivity contribution in [1.29, 1.82) is 0 Å². The zero-order chi connectivity index (χ0) is 22.2. The average molecular weight is 436 g/mol. The molecule has 0 aliphatic rings. The molecule has 3 aromatic rings. The van der Waals surface area contributed by atoms with Gasteiger partial charge in [0, 0.05) is 41.5 Å². The van der Waals surface area contributed by atoms with Crippen molar-refractivity contribution in [3.8, 4) is 17.0 Å². The van der Waals surface area contributed by atoms with E-state index in [2.05, 4.69) is 10.3 Å². The van der Waals surface area contributed by atoms with E-state index in [0.717, 1.165) is 39.5 Å². The Morgan fingerprint density at radius 3 is 2.71 bits per heavy atom. The molecule has 0 amide bonds. The van der Waals surface area contributed by atoms with Gasteiger partial charge in [0.15, 0.2) is 5.88 Å². The third kappa shape index (κ3) is 5.80. The van der Waals surface area contributed by atoms with E-state index in [4.69, 9.17) is 20.9 Å². The molecule has 31 heavy (non-hydrogen) atoms. The molecule has 0 radical (unpaired) electrons. The molecule has 0 fully saturated rings. The summed E-state index contributed by atoms with van der Waals surface area (Å²) in [4.78, 5) is 4.52. The van der Waals surface area contributed by atoms with E-state index in [0.29, 0.717) is 5.88 Å². The lowest BCUT2D eigenvalue weighted by Gasteiger charge is -2.06. The second kappa shape index (κ2) is 10.5. The van der Waals surface area contributed by atoms with Crippen molar-refractivity contribution in [3.63, 3.8) is 0 Å². The maximum atomic E-state index is 6.71. The number of anilines is 2. The molecule has 1 N–H and O–H groups in total. The summed E-state index contributed by atoms with van der Waals surface area (Å²) in [6.07, 6.45) is 11.3. The molecule has 0 aliphatic carbocycles. The van der Waals surface area contributed by atoms with E-state index >= 15 is 0 Å². The molecule has 0 aliphatic heterocycles. The smallest absolute Gasteiger partial charge is 0.197 e. The zero-order valence-electron chi connectivity index (χ0n) is 18.1. The number of rotatable bonds is 6. The first kappa shape index (κ1) is 22.2. The van der Waals surface area contributed by atoms with E-state index < -0.39 is 0 Å². The van der Waals surface area contributed by atoms with Gasteiger partial charge in [-0.05, 0) is 62.2 Å². The van der Waals surface area contributed by atoms with Gasteiger partial charge in [0.2, 0.25) is 0 Å². The highest BCUT2D eigenvalue weighted by atomic mass is 35.5. The summed E-state index contributed by atoms with van der Waals surface area (Å²) in [6.45, 7) is 5.94. The van der Waals surface area contributed by atoms with E-state index in [-0.39, 0.29) is 0 Å². The Balaban J connectivity index is 2.00. The minimum absolute atomic E-state index is 0.598. The van der Waals surface area contributed by atoms with Crippen molar-refractivity contribution < 1.29 is 9.15 Å². The third-order valence-electron chi connectivity index (χ3n) is 4.66. The second-order valence-corrected chi connectivity index (χ2v) is 7.26. The van der Waals surface area contributed by atoms with Crippen LogP contribution in [0.3, 0.4) is 0 Å². The molecular weight excluding hydrogens is 410 g/mol. The summed E-state index contributed by atoms with van der Waals surface area (Å²) < 4.78 is 12.5. The number of ether oxygens (including phenoxy) is 1. The van der Waals surface area contributed by atoms with Crippen molar-refractivity contribution in [3.05, 3.63) is 90.6 Å². The number of methoxy groups -OCH3 is 1. The normalized spacial score (nSPS) is 11.5. The average Bonchev–Trinajstić information content (AvgIpc) is 3.23. The van der Waals surface area contributed by atoms with Crippen LogP contribution in [-0.4, -0.2) is 16.2 Å². The fourth-order valence-corrected chi connectivity index (χ4v) is 3.32. The summed E-state index contributed by atoms with van der Waals surface area (Å²) >= 11 is 6.71. The van der Waals surface area contributed by atoms with E-state index in [1.54, 1.807) is 23.7 Å². The Kier molecular flexibility index (Phi) is 7.57. The largest absolute Gasteiger partial charge is 0.497 e. The number of aromatic nitrogens is 2. The Labute approximate surface area is 188 Å². The molecule has 6 heteroatoms. The van der Waals surface area contributed by atoms with Gasteiger partial charge in [-0.1, -0.05) is 24.3 Å². The van der Waals surface area contributed by atoms with E-state index in [9.17, 15) is 0 Å². The van der Waals surface area contributed by atoms with Crippen LogP contribution in [0, 0.1) is 6.92 Å². The molecule has 0 spiro atoms. The first-order valence-electron chi connectivity index (χ1n) is 9.90. The van der Waals surface area contributed by atoms with E-state index in [1.807, 2.05) is 87.7 Å². The Bertz CT molecular complexity index is 1140. The van der Waals surface area contributed by atoms with Gasteiger partial charge in [0.25, 0.3) is 0 Å². The first-order valence-corrected chi connectivity index (χ1v) is 10.2. The number of halogens is 1. The van der Waals surface area contributed by atoms with Gasteiger partial charge in [-0.2, -0.15) is 0 Å². The molecule has 2 heterocycles. The highest BCUT2D eigenvalue weighted by molar-refractivity contribution is 6.17. The number of nitrogens with zero attached hydrogens (tertiary/aromatic N) is 2. The molecular formula is C25H26ClN3O2. The van der Waals surface area contributed by atoms with Crippen LogP contribution in [0.2, 0.25) is 0 Å². The highest BCUT2D eigenvalue weighted by Gasteiger charge is 2.11. The Morgan fingerprint density at radius 1 is 1.23 bits per heavy atom. The van der Waals surface area contributed by atoms with Gasteiger partial charge in [0.1, 0.15) is 12.0 Å². The number of aryl methyl sites for hydroxylation is 1. The third-order valence-corrected chi connectivity index (χ3v) is 4.93. The number of benzene rings is 1. The second-order valence-electron chi connectivity index (χ2n) is 6.90. The maximum absolute atomic E-state index is 6.71. The van der Waals surface area contributed by atoms with Gasteiger partial charge in [-0.3, -0.25) is 9.07 Å². The summed E-state index contributed by atoms with van der Waals surface area (Å²) in [7, 11) is 1.64. The topological polar surface area (TPSA) is 52.2 Å². The molecule has 1 aromatic carbocycles. The number of furan rings is 1. The van der Waals surface area contributed by atoms with Crippen LogP contribution in [0.15, 0.2) is 83.8 Å². The van der Waals surface area contributed by atoms with E-state index in [1.165, 1.54) is 0 Å². The molecule has 3 rings (SSSR count). The van der Waals surface area contributed by atoms with Gasteiger partial charge in [0.05, 0.1) is 18.5 Å². The molecule has 160 valence electrons. The minimum atomic E-state index is 0.598. The van der Waals surface area contributed by atoms with Gasteiger partial charge in [-0.25, -0.2) is 0 Å². The van der Waals surface area contributed by atoms with Crippen LogP contribution >= 0.6 is 11.8 Å². The Morgan fingerprint density at radius 2 is 2.00 bits per heavy atom. The van der Waals surface area contributed by atoms with Gasteiger partial charge < -0.3 is 14.5 Å². The van der Waals surface area contributed by atoms with Crippen molar-refractivity contribution in [2.75, 3.05) is 12.4 Å². The highest BCUT2D eigenvalue weighted by Crippen LogP contribution is 2.29. The number of hydrogen-bond donors (Lipinski definition) is 1. The van der Waals surface area contributed by atoms with Gasteiger partial charge >= 0.3 is 0 Å². The van der Waals surface area contributed by atoms with Crippen LogP contribution in [-0.2, 0) is 0 Å². The lowest BCUT2D eigenvalue weighted by molar-refractivity contribution is 0.415. The van der Waals surface area contributed by atoms with Crippen LogP contribution < -0.4 is 10.1 Å². The van der Waals surface area contributed by atoms with Crippen LogP contribution in [0.5, 0.6) is 5.75 Å². The summed E-state index contributed by atoms with van der Waals surface area (Å²) in [5.74, 6) is 1.39. The molecule has 0 saturated carbocycles. The fraction of sp³-hybridized carbons (Fsp3) is 0.160. The predicted molar refractivity (Wildman–Crippen MR) is 128 cm³/mol. The number of allylic oxidation sites excluding steroid dienone is 4. The molecule has 2 aromatic heterocycles. The fourth-order valence-electron chi connectivity index (χ4n) is 2.99. The minimum Gasteiger partial charge on any atom is -0.497 e.